The van der Waals surface area contributed by atoms with Gasteiger partial charge in [-0.15, -0.1) is 0 Å². The Morgan fingerprint density at radius 2 is 1.90 bits per heavy atom. The molecule has 1 heterocycles. The highest BCUT2D eigenvalue weighted by atomic mass is 19.1. The summed E-state index contributed by atoms with van der Waals surface area (Å²) < 4.78 is 20.9. The molecule has 30 heavy (non-hydrogen) atoms. The SMILES string of the molecule is CN=C(NCCc1nccn1Cc1ccccc1)NCC(C)Oc1ccc(F)cc1. The second kappa shape index (κ2) is 11.0. The molecule has 3 rings (SSSR count). The van der Waals surface area contributed by atoms with Crippen LogP contribution in [0.4, 0.5) is 4.39 Å². The van der Waals surface area contributed by atoms with Crippen molar-refractivity contribution in [3.05, 3.63) is 84.2 Å². The molecule has 0 amide bonds. The van der Waals surface area contributed by atoms with Gasteiger partial charge >= 0.3 is 0 Å². The van der Waals surface area contributed by atoms with Gasteiger partial charge in [-0.1, -0.05) is 30.3 Å². The summed E-state index contributed by atoms with van der Waals surface area (Å²) in [7, 11) is 1.73. The third kappa shape index (κ3) is 6.62. The number of hydrogen-bond acceptors (Lipinski definition) is 3. The molecule has 0 saturated carbocycles. The molecular weight excluding hydrogens is 381 g/mol. The Labute approximate surface area is 176 Å². The first-order valence-corrected chi connectivity index (χ1v) is 10.0. The van der Waals surface area contributed by atoms with Gasteiger partial charge in [-0.25, -0.2) is 9.37 Å². The molecule has 3 aromatic rings. The fourth-order valence-corrected chi connectivity index (χ4v) is 3.03. The Kier molecular flexibility index (Phi) is 7.83. The molecule has 0 saturated heterocycles. The average molecular weight is 410 g/mol. The van der Waals surface area contributed by atoms with Gasteiger partial charge in [0.05, 0.1) is 6.54 Å². The molecule has 2 aromatic carbocycles. The summed E-state index contributed by atoms with van der Waals surface area (Å²) >= 11 is 0. The number of benzene rings is 2. The first-order chi connectivity index (χ1) is 14.6. The molecule has 2 N–H and O–H groups in total. The lowest BCUT2D eigenvalue weighted by Gasteiger charge is -2.18. The first-order valence-electron chi connectivity index (χ1n) is 10.0. The summed E-state index contributed by atoms with van der Waals surface area (Å²) in [5.74, 6) is 2.08. The summed E-state index contributed by atoms with van der Waals surface area (Å²) in [6.45, 7) is 4.03. The molecule has 6 nitrogen and oxygen atoms in total. The van der Waals surface area contributed by atoms with Crippen LogP contribution in [0.5, 0.6) is 5.75 Å². The molecular formula is C23H28FN5O. The van der Waals surface area contributed by atoms with Crippen LogP contribution in [0.25, 0.3) is 0 Å². The third-order valence-electron chi connectivity index (χ3n) is 4.57. The Morgan fingerprint density at radius 1 is 1.13 bits per heavy atom. The van der Waals surface area contributed by atoms with E-state index in [-0.39, 0.29) is 11.9 Å². The van der Waals surface area contributed by atoms with E-state index in [1.54, 1.807) is 19.2 Å². The molecule has 0 aliphatic heterocycles. The third-order valence-corrected chi connectivity index (χ3v) is 4.57. The van der Waals surface area contributed by atoms with Crippen LogP contribution in [0.1, 0.15) is 18.3 Å². The summed E-state index contributed by atoms with van der Waals surface area (Å²) in [5, 5.41) is 6.55. The highest BCUT2D eigenvalue weighted by molar-refractivity contribution is 5.79. The molecule has 1 aromatic heterocycles. The first kappa shape index (κ1) is 21.4. The van der Waals surface area contributed by atoms with Crippen LogP contribution < -0.4 is 15.4 Å². The maximum Gasteiger partial charge on any atom is 0.191 e. The molecule has 0 fully saturated rings. The van der Waals surface area contributed by atoms with Crippen LogP contribution in [0, 0.1) is 5.82 Å². The van der Waals surface area contributed by atoms with Crippen molar-refractivity contribution >= 4 is 5.96 Å². The molecule has 0 spiro atoms. The highest BCUT2D eigenvalue weighted by Crippen LogP contribution is 2.12. The van der Waals surface area contributed by atoms with Gasteiger partial charge in [-0.3, -0.25) is 4.99 Å². The van der Waals surface area contributed by atoms with Crippen LogP contribution in [-0.2, 0) is 13.0 Å². The lowest BCUT2D eigenvalue weighted by Crippen LogP contribution is -2.42. The largest absolute Gasteiger partial charge is 0.489 e. The monoisotopic (exact) mass is 409 g/mol. The van der Waals surface area contributed by atoms with Crippen LogP contribution in [0.15, 0.2) is 72.0 Å². The highest BCUT2D eigenvalue weighted by Gasteiger charge is 2.07. The molecule has 0 aliphatic rings. The van der Waals surface area contributed by atoms with Crippen molar-refractivity contribution < 1.29 is 9.13 Å². The number of nitrogens with zero attached hydrogens (tertiary/aromatic N) is 3. The van der Waals surface area contributed by atoms with Crippen molar-refractivity contribution in [1.29, 1.82) is 0 Å². The normalized spacial score (nSPS) is 12.4. The van der Waals surface area contributed by atoms with E-state index in [9.17, 15) is 4.39 Å². The van der Waals surface area contributed by atoms with Gasteiger partial charge in [0.2, 0.25) is 0 Å². The number of imidazole rings is 1. The second-order valence-electron chi connectivity index (χ2n) is 6.97. The van der Waals surface area contributed by atoms with Crippen LogP contribution in [-0.4, -0.2) is 41.8 Å². The number of halogens is 1. The van der Waals surface area contributed by atoms with Gasteiger partial charge < -0.3 is 19.9 Å². The number of aromatic nitrogens is 2. The Hall–Kier alpha value is -3.35. The maximum absolute atomic E-state index is 13.0. The van der Waals surface area contributed by atoms with E-state index < -0.39 is 0 Å². The van der Waals surface area contributed by atoms with Crippen molar-refractivity contribution in [1.82, 2.24) is 20.2 Å². The predicted octanol–water partition coefficient (Wildman–Crippen LogP) is 3.25. The van der Waals surface area contributed by atoms with Crippen molar-refractivity contribution in [3.63, 3.8) is 0 Å². The Bertz CT molecular complexity index is 924. The maximum atomic E-state index is 13.0. The number of guanidine groups is 1. The van der Waals surface area contributed by atoms with E-state index in [2.05, 4.69) is 37.3 Å². The van der Waals surface area contributed by atoms with E-state index in [0.29, 0.717) is 24.8 Å². The average Bonchev–Trinajstić information content (AvgIpc) is 3.19. The number of aliphatic imine (C=N–C) groups is 1. The minimum atomic E-state index is -0.276. The summed E-state index contributed by atoms with van der Waals surface area (Å²) in [6, 6.07) is 16.4. The molecule has 0 aliphatic carbocycles. The molecule has 1 atom stereocenters. The quantitative estimate of drug-likeness (QED) is 0.421. The fraction of sp³-hybridized carbons (Fsp3) is 0.304. The zero-order chi connectivity index (χ0) is 21.2. The number of ether oxygens (including phenoxy) is 1. The molecule has 0 radical (unpaired) electrons. The van der Waals surface area contributed by atoms with E-state index in [4.69, 9.17) is 4.74 Å². The van der Waals surface area contributed by atoms with Crippen molar-refractivity contribution in [2.45, 2.75) is 26.0 Å². The number of hydrogen-bond donors (Lipinski definition) is 2. The van der Waals surface area contributed by atoms with Crippen LogP contribution in [0.3, 0.4) is 0 Å². The summed E-state index contributed by atoms with van der Waals surface area (Å²) in [4.78, 5) is 8.73. The minimum absolute atomic E-state index is 0.0983. The van der Waals surface area contributed by atoms with E-state index in [1.165, 1.54) is 17.7 Å². The lowest BCUT2D eigenvalue weighted by atomic mass is 10.2. The van der Waals surface area contributed by atoms with Gasteiger partial charge in [0.1, 0.15) is 23.5 Å². The molecule has 158 valence electrons. The second-order valence-corrected chi connectivity index (χ2v) is 6.97. The van der Waals surface area contributed by atoms with Gasteiger partial charge in [-0.2, -0.15) is 0 Å². The zero-order valence-electron chi connectivity index (χ0n) is 17.4. The zero-order valence-corrected chi connectivity index (χ0v) is 17.4. The lowest BCUT2D eigenvalue weighted by molar-refractivity contribution is 0.223. The smallest absolute Gasteiger partial charge is 0.191 e. The number of nitrogens with one attached hydrogen (secondary N) is 2. The molecule has 7 heteroatoms. The van der Waals surface area contributed by atoms with Crippen molar-refractivity contribution in [2.24, 2.45) is 4.99 Å². The van der Waals surface area contributed by atoms with Gasteiger partial charge in [0.25, 0.3) is 0 Å². The standard InChI is InChI=1S/C23H28FN5O/c1-18(30-21-10-8-20(24)9-11-21)16-28-23(25-2)27-13-12-22-26-14-15-29(22)17-19-6-4-3-5-7-19/h3-11,14-15,18H,12-13,16-17H2,1-2H3,(H2,25,27,28). The fourth-order valence-electron chi connectivity index (χ4n) is 3.03. The minimum Gasteiger partial charge on any atom is -0.489 e. The van der Waals surface area contributed by atoms with Crippen molar-refractivity contribution in [3.8, 4) is 5.75 Å². The Balaban J connectivity index is 1.41. The Morgan fingerprint density at radius 3 is 2.63 bits per heavy atom. The van der Waals surface area contributed by atoms with Gasteiger partial charge in [0, 0.05) is 39.0 Å². The van der Waals surface area contributed by atoms with Crippen molar-refractivity contribution in [2.75, 3.05) is 20.1 Å². The summed E-state index contributed by atoms with van der Waals surface area (Å²) in [6.07, 6.45) is 4.52. The topological polar surface area (TPSA) is 63.5 Å². The van der Waals surface area contributed by atoms with Gasteiger partial charge in [0.15, 0.2) is 5.96 Å². The summed E-state index contributed by atoms with van der Waals surface area (Å²) in [5.41, 5.74) is 1.25. The predicted molar refractivity (Wildman–Crippen MR) is 117 cm³/mol. The molecule has 1 unspecified atom stereocenters. The van der Waals surface area contributed by atoms with E-state index in [1.807, 2.05) is 37.5 Å². The van der Waals surface area contributed by atoms with Crippen LogP contribution in [0.2, 0.25) is 0 Å². The van der Waals surface area contributed by atoms with E-state index in [0.717, 1.165) is 18.8 Å². The number of rotatable bonds is 9. The molecule has 0 bridgehead atoms. The van der Waals surface area contributed by atoms with Gasteiger partial charge in [-0.05, 0) is 36.8 Å². The van der Waals surface area contributed by atoms with Crippen LogP contribution >= 0.6 is 0 Å². The van der Waals surface area contributed by atoms with E-state index >= 15 is 0 Å².